The number of sulfonamides is 1. The Bertz CT molecular complexity index is 657. The van der Waals surface area contributed by atoms with Crippen LogP contribution in [0.1, 0.15) is 17.7 Å². The summed E-state index contributed by atoms with van der Waals surface area (Å²) in [5.74, 6) is 0.0880. The third kappa shape index (κ3) is 3.76. The van der Waals surface area contributed by atoms with Crippen LogP contribution in [0.4, 0.5) is 0 Å². The van der Waals surface area contributed by atoms with Gasteiger partial charge in [-0.2, -0.15) is 4.31 Å². The summed E-state index contributed by atoms with van der Waals surface area (Å²) in [6.07, 6.45) is 2.16. The number of likely N-dealkylation sites (N-methyl/N-ethyl adjacent to an activating group) is 1. The topological polar surface area (TPSA) is 60.9 Å². The van der Waals surface area contributed by atoms with E-state index in [0.717, 1.165) is 43.9 Å². The molecule has 2 aliphatic heterocycles. The van der Waals surface area contributed by atoms with Crippen LogP contribution in [0.2, 0.25) is 0 Å². The number of piperazine rings is 1. The van der Waals surface area contributed by atoms with Crippen LogP contribution in [0.5, 0.6) is 0 Å². The van der Waals surface area contributed by atoms with Crippen molar-refractivity contribution in [2.24, 2.45) is 0 Å². The maximum Gasteiger partial charge on any atom is 0.252 e. The minimum Gasteiger partial charge on any atom is -0.340 e. The Balaban J connectivity index is 1.64. The van der Waals surface area contributed by atoms with Gasteiger partial charge in [-0.25, -0.2) is 8.42 Å². The minimum absolute atomic E-state index is 0.0880. The first-order valence-corrected chi connectivity index (χ1v) is 10.3. The largest absolute Gasteiger partial charge is 0.340 e. The van der Waals surface area contributed by atoms with E-state index in [1.54, 1.807) is 16.4 Å². The molecule has 23 heavy (non-hydrogen) atoms. The zero-order valence-corrected chi connectivity index (χ0v) is 15.0. The summed E-state index contributed by atoms with van der Waals surface area (Å²) in [6, 6.07) is 3.42. The van der Waals surface area contributed by atoms with E-state index in [0.29, 0.717) is 23.7 Å². The quantitative estimate of drug-likeness (QED) is 0.802. The van der Waals surface area contributed by atoms with E-state index >= 15 is 0 Å². The van der Waals surface area contributed by atoms with Crippen LogP contribution in [-0.4, -0.2) is 74.7 Å². The van der Waals surface area contributed by atoms with Crippen LogP contribution >= 0.6 is 11.3 Å². The molecule has 8 heteroatoms. The van der Waals surface area contributed by atoms with E-state index in [1.807, 2.05) is 4.90 Å². The highest BCUT2D eigenvalue weighted by molar-refractivity contribution is 7.91. The van der Waals surface area contributed by atoms with Gasteiger partial charge in [-0.1, -0.05) is 0 Å². The number of rotatable bonds is 4. The third-order valence-corrected chi connectivity index (χ3v) is 7.93. The zero-order valence-electron chi connectivity index (χ0n) is 13.4. The molecule has 0 N–H and O–H groups in total. The van der Waals surface area contributed by atoms with Gasteiger partial charge in [-0.05, 0) is 32.0 Å². The van der Waals surface area contributed by atoms with Gasteiger partial charge in [0.1, 0.15) is 4.21 Å². The highest BCUT2D eigenvalue weighted by Gasteiger charge is 2.29. The Kier molecular flexibility index (Phi) is 5.05. The number of carbonyl (C=O) groups is 1. The first-order chi connectivity index (χ1) is 11.0. The van der Waals surface area contributed by atoms with Gasteiger partial charge in [0.2, 0.25) is 5.91 Å². The lowest BCUT2D eigenvalue weighted by Crippen LogP contribution is -2.47. The Morgan fingerprint density at radius 2 is 1.74 bits per heavy atom. The molecule has 0 aliphatic carbocycles. The van der Waals surface area contributed by atoms with E-state index < -0.39 is 10.0 Å². The molecule has 0 aromatic carbocycles. The lowest BCUT2D eigenvalue weighted by Gasteiger charge is -2.32. The molecule has 2 fully saturated rings. The molecular formula is C15H23N3O3S2. The van der Waals surface area contributed by atoms with Crippen molar-refractivity contribution in [2.75, 3.05) is 46.3 Å². The molecule has 0 unspecified atom stereocenters. The summed E-state index contributed by atoms with van der Waals surface area (Å²) in [5.41, 5.74) is 0. The molecule has 1 amide bonds. The maximum absolute atomic E-state index is 12.5. The molecule has 3 heterocycles. The van der Waals surface area contributed by atoms with Gasteiger partial charge in [0.05, 0.1) is 6.42 Å². The molecule has 128 valence electrons. The lowest BCUT2D eigenvalue weighted by atomic mass is 10.2. The lowest BCUT2D eigenvalue weighted by molar-refractivity contribution is -0.131. The van der Waals surface area contributed by atoms with Crippen molar-refractivity contribution >= 4 is 27.3 Å². The molecule has 3 rings (SSSR count). The average molecular weight is 358 g/mol. The summed E-state index contributed by atoms with van der Waals surface area (Å²) in [5, 5.41) is 0. The number of hydrogen-bond acceptors (Lipinski definition) is 5. The number of hydrogen-bond donors (Lipinski definition) is 0. The van der Waals surface area contributed by atoms with Crippen LogP contribution in [-0.2, 0) is 21.2 Å². The van der Waals surface area contributed by atoms with E-state index in [2.05, 4.69) is 11.9 Å². The number of nitrogens with zero attached hydrogens (tertiary/aromatic N) is 3. The normalized spacial score (nSPS) is 21.0. The fourth-order valence-electron chi connectivity index (χ4n) is 2.96. The summed E-state index contributed by atoms with van der Waals surface area (Å²) in [6.45, 7) is 4.50. The monoisotopic (exact) mass is 357 g/mol. The van der Waals surface area contributed by atoms with Gasteiger partial charge in [0.25, 0.3) is 10.0 Å². The number of carbonyl (C=O) groups excluding carboxylic acids is 1. The van der Waals surface area contributed by atoms with Crippen LogP contribution in [0.3, 0.4) is 0 Å². The Morgan fingerprint density at radius 1 is 1.09 bits per heavy atom. The van der Waals surface area contributed by atoms with E-state index in [9.17, 15) is 13.2 Å². The Hall–Kier alpha value is -0.960. The van der Waals surface area contributed by atoms with Crippen molar-refractivity contribution in [1.82, 2.24) is 14.1 Å². The van der Waals surface area contributed by atoms with Gasteiger partial charge >= 0.3 is 0 Å². The molecule has 1 aromatic heterocycles. The van der Waals surface area contributed by atoms with Crippen LogP contribution in [0.25, 0.3) is 0 Å². The van der Waals surface area contributed by atoms with Crippen molar-refractivity contribution in [1.29, 1.82) is 0 Å². The Morgan fingerprint density at radius 3 is 2.39 bits per heavy atom. The first-order valence-electron chi connectivity index (χ1n) is 8.02. The van der Waals surface area contributed by atoms with Crippen molar-refractivity contribution < 1.29 is 13.2 Å². The van der Waals surface area contributed by atoms with Gasteiger partial charge in [0.15, 0.2) is 0 Å². The molecule has 2 saturated heterocycles. The highest BCUT2D eigenvalue weighted by atomic mass is 32.2. The first kappa shape index (κ1) is 16.9. The van der Waals surface area contributed by atoms with Gasteiger partial charge in [0, 0.05) is 44.1 Å². The van der Waals surface area contributed by atoms with Crippen molar-refractivity contribution in [2.45, 2.75) is 23.5 Å². The molecule has 0 bridgehead atoms. The van der Waals surface area contributed by atoms with Crippen LogP contribution in [0, 0.1) is 0 Å². The van der Waals surface area contributed by atoms with Crippen molar-refractivity contribution in [3.05, 3.63) is 17.0 Å². The number of thiophene rings is 1. The van der Waals surface area contributed by atoms with Gasteiger partial charge in [-0.15, -0.1) is 11.3 Å². The second-order valence-electron chi connectivity index (χ2n) is 6.19. The smallest absolute Gasteiger partial charge is 0.252 e. The predicted octanol–water partition coefficient (Wildman–Crippen LogP) is 0.849. The highest BCUT2D eigenvalue weighted by Crippen LogP contribution is 2.27. The molecule has 6 nitrogen and oxygen atoms in total. The van der Waals surface area contributed by atoms with Crippen molar-refractivity contribution in [3.63, 3.8) is 0 Å². The SMILES string of the molecule is CN1CCN(C(=O)Cc2ccc(S(=O)(=O)N3CCCC3)s2)CC1. The second-order valence-corrected chi connectivity index (χ2v) is 9.53. The predicted molar refractivity (Wildman–Crippen MR) is 90.1 cm³/mol. The Labute approximate surface area is 141 Å². The van der Waals surface area contributed by atoms with Crippen LogP contribution in [0.15, 0.2) is 16.3 Å². The summed E-state index contributed by atoms with van der Waals surface area (Å²) < 4.78 is 26.9. The van der Waals surface area contributed by atoms with Crippen LogP contribution < -0.4 is 0 Å². The molecular weight excluding hydrogens is 334 g/mol. The van der Waals surface area contributed by atoms with E-state index in [1.165, 1.54) is 11.3 Å². The van der Waals surface area contributed by atoms with Gasteiger partial charge in [-0.3, -0.25) is 4.79 Å². The van der Waals surface area contributed by atoms with Crippen molar-refractivity contribution in [3.8, 4) is 0 Å². The molecule has 2 aliphatic rings. The molecule has 0 atom stereocenters. The molecule has 0 spiro atoms. The zero-order chi connectivity index (χ0) is 16.4. The number of amides is 1. The minimum atomic E-state index is -3.37. The molecule has 1 aromatic rings. The summed E-state index contributed by atoms with van der Waals surface area (Å²) >= 11 is 1.23. The average Bonchev–Trinajstić information content (AvgIpc) is 3.19. The van der Waals surface area contributed by atoms with E-state index in [-0.39, 0.29) is 5.91 Å². The fourth-order valence-corrected chi connectivity index (χ4v) is 5.98. The standard InChI is InChI=1S/C15H23N3O3S2/c1-16-8-10-17(11-9-16)14(19)12-13-4-5-15(22-13)23(20,21)18-6-2-3-7-18/h4-5H,2-3,6-12H2,1H3. The summed E-state index contributed by atoms with van der Waals surface area (Å²) in [7, 11) is -1.31. The van der Waals surface area contributed by atoms with Gasteiger partial charge < -0.3 is 9.80 Å². The summed E-state index contributed by atoms with van der Waals surface area (Å²) in [4.78, 5) is 17.2. The molecule has 0 saturated carbocycles. The maximum atomic E-state index is 12.5. The molecule has 0 radical (unpaired) electrons. The van der Waals surface area contributed by atoms with E-state index in [4.69, 9.17) is 0 Å². The fraction of sp³-hybridized carbons (Fsp3) is 0.667. The third-order valence-electron chi connectivity index (χ3n) is 4.48. The second kappa shape index (κ2) is 6.88.